The third-order valence-corrected chi connectivity index (χ3v) is 4.60. The maximum absolute atomic E-state index is 12.9. The fourth-order valence-corrected chi connectivity index (χ4v) is 3.37. The molecule has 4 heterocycles. The van der Waals surface area contributed by atoms with Gasteiger partial charge in [-0.2, -0.15) is 4.52 Å². The Hall–Kier alpha value is -3.00. The Labute approximate surface area is 150 Å². The van der Waals surface area contributed by atoms with Crippen LogP contribution in [0.4, 0.5) is 5.82 Å². The number of ether oxygens (including phenoxy) is 1. The Morgan fingerprint density at radius 3 is 3.04 bits per heavy atom. The molecule has 0 unspecified atom stereocenters. The number of hydrogen-bond donors (Lipinski definition) is 1. The zero-order valence-corrected chi connectivity index (χ0v) is 14.5. The first-order valence-electron chi connectivity index (χ1n) is 8.55. The molecular weight excluding hydrogens is 332 g/mol. The van der Waals surface area contributed by atoms with Crippen molar-refractivity contribution in [1.82, 2.24) is 24.5 Å². The van der Waals surface area contributed by atoms with Gasteiger partial charge in [0.1, 0.15) is 11.5 Å². The number of nitrogen functional groups attached to an aromatic ring is 1. The van der Waals surface area contributed by atoms with Crippen molar-refractivity contribution in [3.05, 3.63) is 42.1 Å². The fraction of sp³-hybridized carbons (Fsp3) is 0.333. The fourth-order valence-electron chi connectivity index (χ4n) is 3.37. The van der Waals surface area contributed by atoms with Crippen LogP contribution in [0.2, 0.25) is 0 Å². The minimum Gasteiger partial charge on any atom is -0.384 e. The van der Waals surface area contributed by atoms with E-state index in [9.17, 15) is 4.79 Å². The zero-order valence-electron chi connectivity index (χ0n) is 14.5. The van der Waals surface area contributed by atoms with Gasteiger partial charge in [0.25, 0.3) is 5.91 Å². The molecule has 26 heavy (non-hydrogen) atoms. The Kier molecular flexibility index (Phi) is 4.26. The number of rotatable bonds is 4. The summed E-state index contributed by atoms with van der Waals surface area (Å²) in [5.41, 5.74) is 7.82. The lowest BCUT2D eigenvalue weighted by atomic mass is 10.2. The first-order valence-corrected chi connectivity index (χ1v) is 8.55. The number of nitrogens with two attached hydrogens (primary N) is 1. The Balaban J connectivity index is 1.69. The second-order valence-electron chi connectivity index (χ2n) is 6.34. The topological polar surface area (TPSA) is 98.6 Å². The van der Waals surface area contributed by atoms with Crippen molar-refractivity contribution in [2.24, 2.45) is 0 Å². The zero-order chi connectivity index (χ0) is 18.1. The predicted molar refractivity (Wildman–Crippen MR) is 96.6 cm³/mol. The number of amides is 1. The maximum atomic E-state index is 12.9. The summed E-state index contributed by atoms with van der Waals surface area (Å²) in [6.07, 6.45) is 3.61. The minimum atomic E-state index is -0.0545. The van der Waals surface area contributed by atoms with E-state index in [2.05, 4.69) is 15.1 Å². The summed E-state index contributed by atoms with van der Waals surface area (Å²) >= 11 is 0. The number of aromatic nitrogens is 4. The normalized spacial score (nSPS) is 17.1. The van der Waals surface area contributed by atoms with Crippen LogP contribution < -0.4 is 5.73 Å². The number of anilines is 1. The molecule has 0 aromatic carbocycles. The number of likely N-dealkylation sites (tertiary alicyclic amines) is 1. The van der Waals surface area contributed by atoms with Crippen LogP contribution in [0.25, 0.3) is 17.2 Å². The van der Waals surface area contributed by atoms with E-state index in [4.69, 9.17) is 10.5 Å². The Morgan fingerprint density at radius 2 is 2.27 bits per heavy atom. The van der Waals surface area contributed by atoms with Crippen molar-refractivity contribution < 1.29 is 9.53 Å². The summed E-state index contributed by atoms with van der Waals surface area (Å²) in [6, 6.07) is 9.00. The average molecular weight is 352 g/mol. The standard InChI is InChI=1S/C18H20N6O2/c1-26-11-13-5-4-8-23(13)18(25)12-9-15(19)24-16(10-12)21-17(22-24)14-6-2-3-7-20-14/h2-3,6-7,9-10,13H,4-5,8,11,19H2,1H3/t13-/m1/s1. The van der Waals surface area contributed by atoms with Crippen LogP contribution in [-0.2, 0) is 4.74 Å². The van der Waals surface area contributed by atoms with E-state index >= 15 is 0 Å². The molecule has 1 aliphatic heterocycles. The van der Waals surface area contributed by atoms with Crippen LogP contribution in [0, 0.1) is 0 Å². The molecule has 0 bridgehead atoms. The minimum absolute atomic E-state index is 0.0545. The number of fused-ring (bicyclic) bond motifs is 1. The van der Waals surface area contributed by atoms with Gasteiger partial charge in [-0.1, -0.05) is 6.07 Å². The molecule has 2 N–H and O–H groups in total. The van der Waals surface area contributed by atoms with Crippen molar-refractivity contribution in [3.63, 3.8) is 0 Å². The van der Waals surface area contributed by atoms with Crippen LogP contribution >= 0.6 is 0 Å². The van der Waals surface area contributed by atoms with Crippen molar-refractivity contribution in [3.8, 4) is 11.5 Å². The van der Waals surface area contributed by atoms with E-state index in [1.165, 1.54) is 4.52 Å². The van der Waals surface area contributed by atoms with Crippen molar-refractivity contribution in [2.45, 2.75) is 18.9 Å². The maximum Gasteiger partial charge on any atom is 0.254 e. The molecule has 0 spiro atoms. The van der Waals surface area contributed by atoms with E-state index in [1.807, 2.05) is 23.1 Å². The van der Waals surface area contributed by atoms with Gasteiger partial charge in [0.2, 0.25) is 5.82 Å². The van der Waals surface area contributed by atoms with Gasteiger partial charge in [-0.05, 0) is 37.1 Å². The highest BCUT2D eigenvalue weighted by molar-refractivity contribution is 5.96. The number of pyridine rings is 2. The number of carbonyl (C=O) groups excluding carboxylic acids is 1. The lowest BCUT2D eigenvalue weighted by molar-refractivity contribution is 0.0630. The van der Waals surface area contributed by atoms with Crippen LogP contribution in [0.15, 0.2) is 36.5 Å². The summed E-state index contributed by atoms with van der Waals surface area (Å²) in [4.78, 5) is 23.5. The lowest BCUT2D eigenvalue weighted by Gasteiger charge is -2.24. The van der Waals surface area contributed by atoms with Crippen LogP contribution in [0.1, 0.15) is 23.2 Å². The van der Waals surface area contributed by atoms with Crippen LogP contribution in [0.3, 0.4) is 0 Å². The Morgan fingerprint density at radius 1 is 1.38 bits per heavy atom. The van der Waals surface area contributed by atoms with Crippen LogP contribution in [0.5, 0.6) is 0 Å². The van der Waals surface area contributed by atoms with Crippen molar-refractivity contribution in [1.29, 1.82) is 0 Å². The number of nitrogens with zero attached hydrogens (tertiary/aromatic N) is 5. The molecule has 8 heteroatoms. The lowest BCUT2D eigenvalue weighted by Crippen LogP contribution is -2.38. The predicted octanol–water partition coefficient (Wildman–Crippen LogP) is 1.62. The van der Waals surface area contributed by atoms with Gasteiger partial charge in [0.05, 0.1) is 12.6 Å². The van der Waals surface area contributed by atoms with Crippen molar-refractivity contribution in [2.75, 3.05) is 26.0 Å². The average Bonchev–Trinajstić information content (AvgIpc) is 3.29. The van der Waals surface area contributed by atoms with Crippen molar-refractivity contribution >= 4 is 17.4 Å². The Bertz CT molecular complexity index is 940. The van der Waals surface area contributed by atoms with E-state index in [-0.39, 0.29) is 11.9 Å². The molecule has 1 amide bonds. The summed E-state index contributed by atoms with van der Waals surface area (Å²) in [5, 5.41) is 4.40. The molecule has 0 saturated carbocycles. The monoisotopic (exact) mass is 352 g/mol. The largest absolute Gasteiger partial charge is 0.384 e. The summed E-state index contributed by atoms with van der Waals surface area (Å²) in [7, 11) is 1.65. The molecule has 3 aromatic rings. The molecular formula is C18H20N6O2. The molecule has 1 saturated heterocycles. The number of carbonyl (C=O) groups is 1. The van der Waals surface area contributed by atoms with E-state index in [0.29, 0.717) is 35.2 Å². The van der Waals surface area contributed by atoms with Gasteiger partial charge in [-0.15, -0.1) is 5.10 Å². The van der Waals surface area contributed by atoms with Crippen LogP contribution in [-0.4, -0.2) is 56.7 Å². The molecule has 0 radical (unpaired) electrons. The molecule has 4 rings (SSSR count). The van der Waals surface area contributed by atoms with E-state index < -0.39 is 0 Å². The highest BCUT2D eigenvalue weighted by atomic mass is 16.5. The quantitative estimate of drug-likeness (QED) is 0.766. The third kappa shape index (κ3) is 2.88. The third-order valence-electron chi connectivity index (χ3n) is 4.60. The molecule has 0 aliphatic carbocycles. The molecule has 134 valence electrons. The number of hydrogen-bond acceptors (Lipinski definition) is 6. The first-order chi connectivity index (χ1) is 12.7. The van der Waals surface area contributed by atoms with E-state index in [1.54, 1.807) is 25.4 Å². The summed E-state index contributed by atoms with van der Waals surface area (Å²) in [6.45, 7) is 1.27. The first kappa shape index (κ1) is 16.5. The van der Waals surface area contributed by atoms with Gasteiger partial charge in [-0.3, -0.25) is 9.78 Å². The number of methoxy groups -OCH3 is 1. The van der Waals surface area contributed by atoms with E-state index in [0.717, 1.165) is 19.4 Å². The van der Waals surface area contributed by atoms with Gasteiger partial charge in [0.15, 0.2) is 5.65 Å². The summed E-state index contributed by atoms with van der Waals surface area (Å²) in [5.74, 6) is 0.782. The second kappa shape index (κ2) is 6.72. The molecule has 1 aliphatic rings. The molecule has 1 fully saturated rings. The van der Waals surface area contributed by atoms with Gasteiger partial charge in [0, 0.05) is 25.4 Å². The molecule has 8 nitrogen and oxygen atoms in total. The second-order valence-corrected chi connectivity index (χ2v) is 6.34. The highest BCUT2D eigenvalue weighted by Crippen LogP contribution is 2.23. The highest BCUT2D eigenvalue weighted by Gasteiger charge is 2.30. The smallest absolute Gasteiger partial charge is 0.254 e. The molecule has 1 atom stereocenters. The van der Waals surface area contributed by atoms with Gasteiger partial charge < -0.3 is 15.4 Å². The SMILES string of the molecule is COC[C@H]1CCCN1C(=O)c1cc(N)n2nc(-c3ccccn3)nc2c1. The molecule has 3 aromatic heterocycles. The van der Waals surface area contributed by atoms with Gasteiger partial charge in [-0.25, -0.2) is 4.98 Å². The van der Waals surface area contributed by atoms with Gasteiger partial charge >= 0.3 is 0 Å². The summed E-state index contributed by atoms with van der Waals surface area (Å²) < 4.78 is 6.76.